The predicted molar refractivity (Wildman–Crippen MR) is 80.3 cm³/mol. The van der Waals surface area contributed by atoms with E-state index in [1.54, 1.807) is 0 Å². The Balaban J connectivity index is 1.66. The van der Waals surface area contributed by atoms with Crippen LogP contribution in [0, 0.1) is 0 Å². The zero-order chi connectivity index (χ0) is 13.5. The molecule has 1 aromatic carbocycles. The van der Waals surface area contributed by atoms with Crippen LogP contribution in [0.5, 0.6) is 0 Å². The Bertz CT molecular complexity index is 375. The molecular weight excluding hydrogens is 236 g/mol. The number of nitrogens with two attached hydrogens (primary N) is 1. The highest BCUT2D eigenvalue weighted by Gasteiger charge is 2.15. The van der Waals surface area contributed by atoms with Crippen molar-refractivity contribution in [2.75, 3.05) is 32.5 Å². The van der Waals surface area contributed by atoms with Crippen molar-refractivity contribution in [1.29, 1.82) is 0 Å². The quantitative estimate of drug-likeness (QED) is 0.801. The van der Waals surface area contributed by atoms with Crippen LogP contribution < -0.4 is 5.73 Å². The van der Waals surface area contributed by atoms with Gasteiger partial charge in [-0.3, -0.25) is 0 Å². The zero-order valence-corrected chi connectivity index (χ0v) is 12.0. The lowest BCUT2D eigenvalue weighted by atomic mass is 10.1. The highest BCUT2D eigenvalue weighted by Crippen LogP contribution is 2.15. The molecule has 1 atom stereocenters. The van der Waals surface area contributed by atoms with Crippen LogP contribution in [-0.4, -0.2) is 37.7 Å². The molecule has 1 fully saturated rings. The van der Waals surface area contributed by atoms with Crippen LogP contribution in [0.1, 0.15) is 31.2 Å². The van der Waals surface area contributed by atoms with Gasteiger partial charge in [0.2, 0.25) is 0 Å². The number of rotatable bonds is 6. The first-order valence-electron chi connectivity index (χ1n) is 7.39. The summed E-state index contributed by atoms with van der Waals surface area (Å²) in [4.78, 5) is 2.38. The number of likely N-dealkylation sites (N-methyl/N-ethyl adjacent to an activating group) is 1. The summed E-state index contributed by atoms with van der Waals surface area (Å²) in [6.45, 7) is 3.11. The minimum atomic E-state index is 0.445. The first-order chi connectivity index (χ1) is 9.25. The number of benzene rings is 1. The van der Waals surface area contributed by atoms with Crippen molar-refractivity contribution in [3.05, 3.63) is 29.8 Å². The molecule has 3 nitrogen and oxygen atoms in total. The molecule has 2 rings (SSSR count). The molecule has 1 saturated heterocycles. The molecule has 1 aromatic rings. The summed E-state index contributed by atoms with van der Waals surface area (Å²) in [5.41, 5.74) is 8.14. The third-order valence-corrected chi connectivity index (χ3v) is 3.83. The van der Waals surface area contributed by atoms with Crippen molar-refractivity contribution in [2.45, 2.75) is 38.2 Å². The second kappa shape index (κ2) is 7.51. The van der Waals surface area contributed by atoms with E-state index in [0.717, 1.165) is 38.2 Å². The van der Waals surface area contributed by atoms with E-state index in [-0.39, 0.29) is 0 Å². The van der Waals surface area contributed by atoms with Gasteiger partial charge in [0.25, 0.3) is 0 Å². The summed E-state index contributed by atoms with van der Waals surface area (Å²) in [6.07, 6.45) is 6.42. The van der Waals surface area contributed by atoms with Crippen LogP contribution >= 0.6 is 0 Å². The molecule has 0 bridgehead atoms. The Kier molecular flexibility index (Phi) is 5.67. The number of nitrogen functional groups attached to an aromatic ring is 1. The van der Waals surface area contributed by atoms with Crippen molar-refractivity contribution in [1.82, 2.24) is 4.90 Å². The smallest absolute Gasteiger partial charge is 0.0701 e. The van der Waals surface area contributed by atoms with Gasteiger partial charge in [-0.25, -0.2) is 0 Å². The van der Waals surface area contributed by atoms with E-state index in [1.807, 2.05) is 12.1 Å². The lowest BCUT2D eigenvalue weighted by molar-refractivity contribution is -0.00151. The summed E-state index contributed by atoms with van der Waals surface area (Å²) in [6, 6.07) is 8.16. The first-order valence-corrected chi connectivity index (χ1v) is 7.39. The Morgan fingerprint density at radius 3 is 2.89 bits per heavy atom. The lowest BCUT2D eigenvalue weighted by Gasteiger charge is -2.27. The van der Waals surface area contributed by atoms with Gasteiger partial charge in [0.05, 0.1) is 6.10 Å². The minimum Gasteiger partial charge on any atom is -0.399 e. The fourth-order valence-electron chi connectivity index (χ4n) is 2.69. The average molecular weight is 262 g/mol. The maximum absolute atomic E-state index is 5.95. The van der Waals surface area contributed by atoms with Crippen molar-refractivity contribution in [2.24, 2.45) is 0 Å². The first kappa shape index (κ1) is 14.4. The van der Waals surface area contributed by atoms with Gasteiger partial charge >= 0.3 is 0 Å². The van der Waals surface area contributed by atoms with Crippen molar-refractivity contribution < 1.29 is 4.74 Å². The third kappa shape index (κ3) is 4.84. The number of hydrogen-bond donors (Lipinski definition) is 1. The molecule has 0 saturated carbocycles. The molecule has 0 spiro atoms. The highest BCUT2D eigenvalue weighted by atomic mass is 16.5. The Morgan fingerprint density at radius 2 is 2.16 bits per heavy atom. The van der Waals surface area contributed by atoms with Crippen LogP contribution in [0.15, 0.2) is 24.3 Å². The highest BCUT2D eigenvalue weighted by molar-refractivity contribution is 5.46. The van der Waals surface area contributed by atoms with Crippen LogP contribution in [0.4, 0.5) is 5.69 Å². The zero-order valence-electron chi connectivity index (χ0n) is 12.0. The summed E-state index contributed by atoms with van der Waals surface area (Å²) in [5, 5.41) is 0. The predicted octanol–water partition coefficient (Wildman–Crippen LogP) is 2.70. The van der Waals surface area contributed by atoms with Gasteiger partial charge < -0.3 is 15.4 Å². The number of aryl methyl sites for hydroxylation is 1. The van der Waals surface area contributed by atoms with Gasteiger partial charge in [-0.15, -0.1) is 0 Å². The van der Waals surface area contributed by atoms with E-state index in [9.17, 15) is 0 Å². The molecule has 2 N–H and O–H groups in total. The number of para-hydroxylation sites is 1. The summed E-state index contributed by atoms with van der Waals surface area (Å²) < 4.78 is 5.77. The maximum atomic E-state index is 5.95. The van der Waals surface area contributed by atoms with Gasteiger partial charge in [-0.05, 0) is 57.3 Å². The molecule has 1 unspecified atom stereocenters. The van der Waals surface area contributed by atoms with E-state index in [0.29, 0.717) is 6.10 Å². The largest absolute Gasteiger partial charge is 0.399 e. The number of hydrogen-bond acceptors (Lipinski definition) is 3. The SMILES string of the molecule is CN(CCCc1ccccc1N)CC1CCCCO1. The van der Waals surface area contributed by atoms with Gasteiger partial charge in [0.1, 0.15) is 0 Å². The summed E-state index contributed by atoms with van der Waals surface area (Å²) >= 11 is 0. The van der Waals surface area contributed by atoms with Crippen molar-refractivity contribution >= 4 is 5.69 Å². The molecule has 0 radical (unpaired) electrons. The molecule has 1 aliphatic heterocycles. The maximum Gasteiger partial charge on any atom is 0.0701 e. The lowest BCUT2D eigenvalue weighted by Crippen LogP contribution is -2.34. The van der Waals surface area contributed by atoms with Gasteiger partial charge in [-0.2, -0.15) is 0 Å². The molecule has 1 heterocycles. The Hall–Kier alpha value is -1.06. The van der Waals surface area contributed by atoms with Crippen molar-refractivity contribution in [3.63, 3.8) is 0 Å². The number of anilines is 1. The summed E-state index contributed by atoms with van der Waals surface area (Å²) in [7, 11) is 2.19. The number of nitrogens with zero attached hydrogens (tertiary/aromatic N) is 1. The molecule has 19 heavy (non-hydrogen) atoms. The monoisotopic (exact) mass is 262 g/mol. The van der Waals surface area contributed by atoms with Gasteiger partial charge in [0.15, 0.2) is 0 Å². The normalized spacial score (nSPS) is 19.8. The van der Waals surface area contributed by atoms with E-state index >= 15 is 0 Å². The Labute approximate surface area is 116 Å². The van der Waals surface area contributed by atoms with Crippen LogP contribution in [0.2, 0.25) is 0 Å². The second-order valence-corrected chi connectivity index (χ2v) is 5.55. The fraction of sp³-hybridized carbons (Fsp3) is 0.625. The van der Waals surface area contributed by atoms with Crippen LogP contribution in [-0.2, 0) is 11.2 Å². The summed E-state index contributed by atoms with van der Waals surface area (Å²) in [5.74, 6) is 0. The van der Waals surface area contributed by atoms with Gasteiger partial charge in [0, 0.05) is 18.8 Å². The third-order valence-electron chi connectivity index (χ3n) is 3.83. The molecule has 1 aliphatic rings. The van der Waals surface area contributed by atoms with E-state index in [1.165, 1.54) is 24.8 Å². The topological polar surface area (TPSA) is 38.5 Å². The average Bonchev–Trinajstić information content (AvgIpc) is 2.42. The van der Waals surface area contributed by atoms with Gasteiger partial charge in [-0.1, -0.05) is 18.2 Å². The van der Waals surface area contributed by atoms with Crippen LogP contribution in [0.25, 0.3) is 0 Å². The fourth-order valence-corrected chi connectivity index (χ4v) is 2.69. The molecule has 0 aliphatic carbocycles. The molecule has 106 valence electrons. The molecular formula is C16H26N2O. The molecule has 3 heteroatoms. The van der Waals surface area contributed by atoms with Crippen molar-refractivity contribution in [3.8, 4) is 0 Å². The van der Waals surface area contributed by atoms with E-state index in [4.69, 9.17) is 10.5 Å². The minimum absolute atomic E-state index is 0.445. The van der Waals surface area contributed by atoms with E-state index in [2.05, 4.69) is 24.1 Å². The van der Waals surface area contributed by atoms with Crippen LogP contribution in [0.3, 0.4) is 0 Å². The van der Waals surface area contributed by atoms with E-state index < -0.39 is 0 Å². The molecule has 0 aromatic heterocycles. The number of ether oxygens (including phenoxy) is 1. The Morgan fingerprint density at radius 1 is 1.32 bits per heavy atom. The standard InChI is InChI=1S/C16H26N2O/c1-18(13-15-9-4-5-12-19-15)11-6-8-14-7-2-3-10-16(14)17/h2-3,7,10,15H,4-6,8-9,11-13,17H2,1H3. The second-order valence-electron chi connectivity index (χ2n) is 5.55. The molecule has 0 amide bonds.